The largest absolute Gasteiger partial charge is 0.497 e. The zero-order chi connectivity index (χ0) is 20.9. The van der Waals surface area contributed by atoms with E-state index in [2.05, 4.69) is 0 Å². The van der Waals surface area contributed by atoms with Crippen molar-refractivity contribution in [2.45, 2.75) is 6.61 Å². The number of rotatable bonds is 5. The molecule has 0 atom stereocenters. The van der Waals surface area contributed by atoms with Gasteiger partial charge in [0.1, 0.15) is 5.75 Å². The topological polar surface area (TPSA) is 62.1 Å². The summed E-state index contributed by atoms with van der Waals surface area (Å²) in [5.41, 5.74) is 3.22. The highest BCUT2D eigenvalue weighted by atomic mass is 32.2. The van der Waals surface area contributed by atoms with E-state index < -0.39 is 0 Å². The highest BCUT2D eigenvalue weighted by Crippen LogP contribution is 2.37. The fraction of sp³-hybridized carbons (Fsp3) is 0.0833. The second-order valence-electron chi connectivity index (χ2n) is 6.58. The van der Waals surface area contributed by atoms with E-state index in [-0.39, 0.29) is 12.5 Å². The summed E-state index contributed by atoms with van der Waals surface area (Å²) >= 11 is 1.34. The molecule has 0 bridgehead atoms. The molecule has 1 aliphatic rings. The van der Waals surface area contributed by atoms with E-state index in [1.807, 2.05) is 84.9 Å². The van der Waals surface area contributed by atoms with Crippen LogP contribution in [0.25, 0.3) is 6.08 Å². The molecular formula is C24H20N2O3S. The molecule has 1 N–H and O–H groups in total. The van der Waals surface area contributed by atoms with Gasteiger partial charge in [0.05, 0.1) is 30.0 Å². The van der Waals surface area contributed by atoms with Crippen LogP contribution < -0.4 is 9.64 Å². The van der Waals surface area contributed by atoms with Crippen LogP contribution in [0.2, 0.25) is 0 Å². The zero-order valence-corrected chi connectivity index (χ0v) is 17.2. The van der Waals surface area contributed by atoms with Gasteiger partial charge in [0.15, 0.2) is 5.17 Å². The number of methoxy groups -OCH3 is 1. The van der Waals surface area contributed by atoms with E-state index in [0.717, 1.165) is 28.3 Å². The summed E-state index contributed by atoms with van der Waals surface area (Å²) in [5, 5.41) is 9.81. The number of amides is 1. The number of carbonyl (C=O) groups excluding carboxylic acids is 1. The second-order valence-corrected chi connectivity index (χ2v) is 7.59. The molecule has 1 heterocycles. The fourth-order valence-corrected chi connectivity index (χ4v) is 3.99. The van der Waals surface area contributed by atoms with Crippen LogP contribution in [0.3, 0.4) is 0 Å². The van der Waals surface area contributed by atoms with Gasteiger partial charge in [-0.15, -0.1) is 0 Å². The molecule has 0 saturated carbocycles. The minimum absolute atomic E-state index is 0.00894. The molecule has 150 valence electrons. The van der Waals surface area contributed by atoms with Gasteiger partial charge in [-0.05, 0) is 65.4 Å². The maximum atomic E-state index is 13.2. The van der Waals surface area contributed by atoms with Gasteiger partial charge in [0, 0.05) is 0 Å². The summed E-state index contributed by atoms with van der Waals surface area (Å²) in [6.45, 7) is -0.00894. The lowest BCUT2D eigenvalue weighted by atomic mass is 10.1. The predicted molar refractivity (Wildman–Crippen MR) is 122 cm³/mol. The van der Waals surface area contributed by atoms with E-state index in [1.54, 1.807) is 12.0 Å². The van der Waals surface area contributed by atoms with Crippen LogP contribution in [0.1, 0.15) is 11.1 Å². The van der Waals surface area contributed by atoms with Crippen molar-refractivity contribution in [1.29, 1.82) is 0 Å². The molecule has 1 saturated heterocycles. The molecule has 0 spiro atoms. The van der Waals surface area contributed by atoms with Crippen molar-refractivity contribution in [2.75, 3.05) is 12.0 Å². The van der Waals surface area contributed by atoms with Crippen LogP contribution in [0.4, 0.5) is 11.4 Å². The molecule has 5 nitrogen and oxygen atoms in total. The first-order valence-corrected chi connectivity index (χ1v) is 10.2. The summed E-state index contributed by atoms with van der Waals surface area (Å²) in [4.78, 5) is 20.2. The van der Waals surface area contributed by atoms with E-state index in [9.17, 15) is 9.90 Å². The van der Waals surface area contributed by atoms with Crippen molar-refractivity contribution in [3.63, 3.8) is 0 Å². The summed E-state index contributed by atoms with van der Waals surface area (Å²) in [6.07, 6.45) is 1.85. The van der Waals surface area contributed by atoms with E-state index in [4.69, 9.17) is 9.73 Å². The van der Waals surface area contributed by atoms with Gasteiger partial charge in [0.2, 0.25) is 0 Å². The molecule has 0 aromatic heterocycles. The average molecular weight is 417 g/mol. The normalized spacial score (nSPS) is 16.5. The van der Waals surface area contributed by atoms with E-state index in [0.29, 0.717) is 10.1 Å². The number of nitrogens with zero attached hydrogens (tertiary/aromatic N) is 2. The fourth-order valence-electron chi connectivity index (χ4n) is 2.99. The Labute approximate surface area is 179 Å². The lowest BCUT2D eigenvalue weighted by Gasteiger charge is -2.15. The minimum atomic E-state index is -0.121. The number of hydrogen-bond donors (Lipinski definition) is 1. The lowest BCUT2D eigenvalue weighted by Crippen LogP contribution is -2.28. The predicted octanol–water partition coefficient (Wildman–Crippen LogP) is 5.00. The number of aliphatic hydroxyl groups is 1. The Morgan fingerprint density at radius 1 is 1.00 bits per heavy atom. The van der Waals surface area contributed by atoms with Crippen molar-refractivity contribution < 1.29 is 14.6 Å². The van der Waals surface area contributed by atoms with Crippen LogP contribution in [-0.4, -0.2) is 23.3 Å². The summed E-state index contributed by atoms with van der Waals surface area (Å²) in [7, 11) is 1.62. The Kier molecular flexibility index (Phi) is 5.97. The molecule has 6 heteroatoms. The van der Waals surface area contributed by atoms with Gasteiger partial charge < -0.3 is 9.84 Å². The third kappa shape index (κ3) is 4.30. The molecule has 1 aliphatic heterocycles. The number of benzene rings is 3. The third-order valence-corrected chi connectivity index (χ3v) is 5.55. The van der Waals surface area contributed by atoms with E-state index in [1.165, 1.54) is 11.8 Å². The zero-order valence-electron chi connectivity index (χ0n) is 16.4. The molecule has 1 amide bonds. The highest BCUT2D eigenvalue weighted by molar-refractivity contribution is 8.19. The first-order chi connectivity index (χ1) is 14.7. The first-order valence-electron chi connectivity index (χ1n) is 9.39. The Morgan fingerprint density at radius 3 is 2.33 bits per heavy atom. The summed E-state index contributed by atoms with van der Waals surface area (Å²) in [5.74, 6) is 0.630. The maximum absolute atomic E-state index is 13.2. The van der Waals surface area contributed by atoms with Gasteiger partial charge >= 0.3 is 0 Å². The van der Waals surface area contributed by atoms with Gasteiger partial charge in [0.25, 0.3) is 5.91 Å². The van der Waals surface area contributed by atoms with Gasteiger partial charge in [-0.2, -0.15) is 0 Å². The number of hydrogen-bond acceptors (Lipinski definition) is 5. The average Bonchev–Trinajstić information content (AvgIpc) is 3.10. The Morgan fingerprint density at radius 2 is 1.70 bits per heavy atom. The standard InChI is InChI=1S/C24H20N2O3S/c1-29-21-13-11-19(12-14-21)25-24-26(20-5-3-2-4-6-20)23(28)22(30-24)15-17-7-9-18(16-27)10-8-17/h2-15,27H,16H2,1H3/b22-15-,25-24?. The van der Waals surface area contributed by atoms with Gasteiger partial charge in [-0.1, -0.05) is 42.5 Å². The minimum Gasteiger partial charge on any atom is -0.497 e. The van der Waals surface area contributed by atoms with Crippen LogP contribution in [0.15, 0.2) is 88.8 Å². The molecule has 3 aromatic carbocycles. The van der Waals surface area contributed by atoms with Crippen molar-refractivity contribution >= 4 is 40.3 Å². The van der Waals surface area contributed by atoms with Gasteiger partial charge in [-0.3, -0.25) is 9.69 Å². The number of anilines is 1. The van der Waals surface area contributed by atoms with Gasteiger partial charge in [-0.25, -0.2) is 4.99 Å². The smallest absolute Gasteiger partial charge is 0.271 e. The van der Waals surface area contributed by atoms with Crippen molar-refractivity contribution in [1.82, 2.24) is 0 Å². The number of aliphatic imine (C=N–C) groups is 1. The van der Waals surface area contributed by atoms with Crippen molar-refractivity contribution in [2.24, 2.45) is 4.99 Å². The van der Waals surface area contributed by atoms with Crippen LogP contribution in [0, 0.1) is 0 Å². The summed E-state index contributed by atoms with van der Waals surface area (Å²) in [6, 6.07) is 24.3. The van der Waals surface area contributed by atoms with Crippen LogP contribution in [0.5, 0.6) is 5.75 Å². The number of ether oxygens (including phenoxy) is 1. The first kappa shape index (κ1) is 19.9. The Bertz CT molecular complexity index is 1090. The molecule has 0 aliphatic carbocycles. The highest BCUT2D eigenvalue weighted by Gasteiger charge is 2.34. The molecular weight excluding hydrogens is 396 g/mol. The molecule has 0 radical (unpaired) electrons. The van der Waals surface area contributed by atoms with Crippen LogP contribution >= 0.6 is 11.8 Å². The second kappa shape index (κ2) is 8.98. The third-order valence-electron chi connectivity index (χ3n) is 4.58. The van der Waals surface area contributed by atoms with Crippen molar-refractivity contribution in [3.05, 3.63) is 94.9 Å². The molecule has 0 unspecified atom stereocenters. The lowest BCUT2D eigenvalue weighted by molar-refractivity contribution is -0.113. The number of carbonyl (C=O) groups is 1. The maximum Gasteiger partial charge on any atom is 0.271 e. The SMILES string of the molecule is COc1ccc(N=C2S/C(=C\c3ccc(CO)cc3)C(=O)N2c2ccccc2)cc1. The number of aliphatic hydroxyl groups excluding tert-OH is 1. The molecule has 4 rings (SSSR count). The molecule has 3 aromatic rings. The summed E-state index contributed by atoms with van der Waals surface area (Å²) < 4.78 is 5.20. The number of amidine groups is 1. The monoisotopic (exact) mass is 416 g/mol. The van der Waals surface area contributed by atoms with Crippen LogP contribution in [-0.2, 0) is 11.4 Å². The number of thioether (sulfide) groups is 1. The van der Waals surface area contributed by atoms with Crippen molar-refractivity contribution in [3.8, 4) is 5.75 Å². The number of para-hydroxylation sites is 1. The molecule has 30 heavy (non-hydrogen) atoms. The Hall–Kier alpha value is -3.35. The Balaban J connectivity index is 1.71. The quantitative estimate of drug-likeness (QED) is 0.595. The van der Waals surface area contributed by atoms with E-state index >= 15 is 0 Å². The molecule has 1 fully saturated rings.